The lowest BCUT2D eigenvalue weighted by Crippen LogP contribution is -2.23. The first-order valence-corrected chi connectivity index (χ1v) is 8.49. The van der Waals surface area contributed by atoms with Gasteiger partial charge in [-0.1, -0.05) is 6.07 Å². The highest BCUT2D eigenvalue weighted by molar-refractivity contribution is 7.13. The van der Waals surface area contributed by atoms with Crippen LogP contribution in [0.15, 0.2) is 42.0 Å². The van der Waals surface area contributed by atoms with Gasteiger partial charge in [-0.25, -0.2) is 9.97 Å². The molecule has 3 aromatic heterocycles. The van der Waals surface area contributed by atoms with Gasteiger partial charge in [0.1, 0.15) is 11.4 Å². The Bertz CT molecular complexity index is 863. The number of hydrogen-bond donors (Lipinski definition) is 2. The molecule has 0 unspecified atom stereocenters. The van der Waals surface area contributed by atoms with Crippen molar-refractivity contribution in [2.75, 3.05) is 12.4 Å². The number of anilines is 1. The van der Waals surface area contributed by atoms with Crippen molar-refractivity contribution in [3.8, 4) is 11.6 Å². The van der Waals surface area contributed by atoms with Gasteiger partial charge < -0.3 is 15.4 Å². The average molecular weight is 355 g/mol. The second-order valence-electron chi connectivity index (χ2n) is 5.18. The van der Waals surface area contributed by atoms with Crippen LogP contribution in [0.3, 0.4) is 0 Å². The Morgan fingerprint density at radius 1 is 1.28 bits per heavy atom. The van der Waals surface area contributed by atoms with Gasteiger partial charge in [0.05, 0.1) is 6.20 Å². The van der Waals surface area contributed by atoms with E-state index < -0.39 is 0 Å². The molecular weight excluding hydrogens is 338 g/mol. The molecule has 0 spiro atoms. The molecule has 3 rings (SSSR count). The van der Waals surface area contributed by atoms with Gasteiger partial charge in [-0.05, 0) is 25.1 Å². The van der Waals surface area contributed by atoms with Gasteiger partial charge in [-0.2, -0.15) is 0 Å². The van der Waals surface area contributed by atoms with E-state index in [1.165, 1.54) is 11.3 Å². The van der Waals surface area contributed by atoms with Gasteiger partial charge in [0.2, 0.25) is 5.88 Å². The number of pyridine rings is 2. The first kappa shape index (κ1) is 16.8. The maximum Gasteiger partial charge on any atom is 0.271 e. The van der Waals surface area contributed by atoms with Crippen molar-refractivity contribution in [2.45, 2.75) is 13.5 Å². The molecule has 0 bridgehead atoms. The minimum atomic E-state index is -0.246. The number of carbonyl (C=O) groups excluding carboxylic acids is 1. The van der Waals surface area contributed by atoms with Crippen LogP contribution in [-0.4, -0.2) is 27.9 Å². The lowest BCUT2D eigenvalue weighted by Gasteiger charge is -2.10. The van der Waals surface area contributed by atoms with Gasteiger partial charge >= 0.3 is 0 Å². The second-order valence-corrected chi connectivity index (χ2v) is 6.03. The zero-order chi connectivity index (χ0) is 17.6. The number of carbonyl (C=O) groups is 1. The van der Waals surface area contributed by atoms with Crippen LogP contribution in [0.25, 0.3) is 0 Å². The molecule has 0 aliphatic carbocycles. The Kier molecular flexibility index (Phi) is 5.20. The molecule has 0 atom stereocenters. The van der Waals surface area contributed by atoms with E-state index in [4.69, 9.17) is 4.74 Å². The fourth-order valence-corrected chi connectivity index (χ4v) is 2.69. The molecule has 128 valence electrons. The highest BCUT2D eigenvalue weighted by atomic mass is 32.1. The van der Waals surface area contributed by atoms with Crippen LogP contribution in [0.5, 0.6) is 11.6 Å². The molecule has 1 amide bonds. The van der Waals surface area contributed by atoms with E-state index in [0.29, 0.717) is 22.5 Å². The maximum absolute atomic E-state index is 12.2. The van der Waals surface area contributed by atoms with Crippen LogP contribution in [0, 0.1) is 6.92 Å². The van der Waals surface area contributed by atoms with E-state index in [0.717, 1.165) is 11.3 Å². The minimum absolute atomic E-state index is 0.246. The number of aryl methyl sites for hydroxylation is 1. The van der Waals surface area contributed by atoms with Gasteiger partial charge in [0, 0.05) is 36.4 Å². The van der Waals surface area contributed by atoms with Crippen molar-refractivity contribution in [1.29, 1.82) is 0 Å². The van der Waals surface area contributed by atoms with E-state index >= 15 is 0 Å². The summed E-state index contributed by atoms with van der Waals surface area (Å²) in [6.45, 7) is 2.19. The normalized spacial score (nSPS) is 10.3. The number of nitrogens with one attached hydrogen (secondary N) is 2. The number of aromatic nitrogens is 3. The van der Waals surface area contributed by atoms with Crippen molar-refractivity contribution >= 4 is 22.4 Å². The molecule has 3 aromatic rings. The topological polar surface area (TPSA) is 89.0 Å². The predicted octanol–water partition coefficient (Wildman–Crippen LogP) is 3.01. The molecule has 0 aliphatic heterocycles. The summed E-state index contributed by atoms with van der Waals surface area (Å²) < 4.78 is 5.78. The summed E-state index contributed by atoms with van der Waals surface area (Å²) in [5.41, 5.74) is 2.05. The molecule has 0 fully saturated rings. The molecule has 0 aliphatic rings. The minimum Gasteiger partial charge on any atom is -0.437 e. The number of rotatable bonds is 6. The number of nitrogens with zero attached hydrogens (tertiary/aromatic N) is 3. The molecule has 0 aromatic carbocycles. The van der Waals surface area contributed by atoms with E-state index in [9.17, 15) is 4.79 Å². The highest BCUT2D eigenvalue weighted by Gasteiger charge is 2.12. The zero-order valence-electron chi connectivity index (χ0n) is 13.8. The molecule has 0 saturated heterocycles. The molecule has 3 heterocycles. The maximum atomic E-state index is 12.2. The predicted molar refractivity (Wildman–Crippen MR) is 96.1 cm³/mol. The third kappa shape index (κ3) is 4.30. The standard InChI is InChI=1S/C17H17N5O2S/c1-11-5-6-13(9-20-11)24-16-12(4-3-7-19-16)8-21-15(23)14-10-25-17(18-2)22-14/h3-7,9-10H,8H2,1-2H3,(H,18,22)(H,21,23). The quantitative estimate of drug-likeness (QED) is 0.706. The van der Waals surface area contributed by atoms with Crippen molar-refractivity contribution in [2.24, 2.45) is 0 Å². The third-order valence-electron chi connectivity index (χ3n) is 3.34. The molecule has 0 saturated carbocycles. The summed E-state index contributed by atoms with van der Waals surface area (Å²) in [5.74, 6) is 0.780. The van der Waals surface area contributed by atoms with Crippen LogP contribution in [0.4, 0.5) is 5.13 Å². The fourth-order valence-electron chi connectivity index (χ4n) is 2.04. The SMILES string of the molecule is CNc1nc(C(=O)NCc2cccnc2Oc2ccc(C)nc2)cs1. The van der Waals surface area contributed by atoms with Crippen LogP contribution in [0.2, 0.25) is 0 Å². The van der Waals surface area contributed by atoms with Gasteiger partial charge in [-0.3, -0.25) is 9.78 Å². The van der Waals surface area contributed by atoms with E-state index in [1.54, 1.807) is 30.9 Å². The van der Waals surface area contributed by atoms with Gasteiger partial charge in [0.15, 0.2) is 5.13 Å². The molecule has 8 heteroatoms. The Labute approximate surface area is 149 Å². The summed E-state index contributed by atoms with van der Waals surface area (Å²) in [7, 11) is 1.76. The van der Waals surface area contributed by atoms with Crippen LogP contribution in [-0.2, 0) is 6.54 Å². The summed E-state index contributed by atoms with van der Waals surface area (Å²) in [4.78, 5) is 24.8. The van der Waals surface area contributed by atoms with E-state index in [1.807, 2.05) is 25.1 Å². The zero-order valence-corrected chi connectivity index (χ0v) is 14.6. The number of amides is 1. The van der Waals surface area contributed by atoms with E-state index in [2.05, 4.69) is 25.6 Å². The Morgan fingerprint density at radius 2 is 2.16 bits per heavy atom. The smallest absolute Gasteiger partial charge is 0.271 e. The third-order valence-corrected chi connectivity index (χ3v) is 4.20. The summed E-state index contributed by atoms with van der Waals surface area (Å²) in [6, 6.07) is 7.34. The van der Waals surface area contributed by atoms with Crippen molar-refractivity contribution in [3.05, 3.63) is 59.0 Å². The molecule has 25 heavy (non-hydrogen) atoms. The van der Waals surface area contributed by atoms with Crippen molar-refractivity contribution in [1.82, 2.24) is 20.3 Å². The summed E-state index contributed by atoms with van der Waals surface area (Å²) in [5, 5.41) is 8.14. The second kappa shape index (κ2) is 7.71. The monoisotopic (exact) mass is 355 g/mol. The fraction of sp³-hybridized carbons (Fsp3) is 0.176. The van der Waals surface area contributed by atoms with Crippen molar-refractivity contribution in [3.63, 3.8) is 0 Å². The number of thiazole rings is 1. The largest absolute Gasteiger partial charge is 0.437 e. The lowest BCUT2D eigenvalue weighted by molar-refractivity contribution is 0.0946. The van der Waals surface area contributed by atoms with E-state index in [-0.39, 0.29) is 12.5 Å². The Balaban J connectivity index is 1.68. The first-order valence-electron chi connectivity index (χ1n) is 7.61. The van der Waals surface area contributed by atoms with Crippen LogP contribution < -0.4 is 15.4 Å². The van der Waals surface area contributed by atoms with Crippen LogP contribution in [0.1, 0.15) is 21.7 Å². The molecule has 0 radical (unpaired) electrons. The molecular formula is C17H17N5O2S. The molecule has 2 N–H and O–H groups in total. The molecule has 7 nitrogen and oxygen atoms in total. The van der Waals surface area contributed by atoms with Crippen molar-refractivity contribution < 1.29 is 9.53 Å². The van der Waals surface area contributed by atoms with Gasteiger partial charge in [-0.15, -0.1) is 11.3 Å². The van der Waals surface area contributed by atoms with Crippen LogP contribution >= 0.6 is 11.3 Å². The lowest BCUT2D eigenvalue weighted by atomic mass is 10.2. The van der Waals surface area contributed by atoms with Gasteiger partial charge in [0.25, 0.3) is 5.91 Å². The average Bonchev–Trinajstić information content (AvgIpc) is 3.12. The summed E-state index contributed by atoms with van der Waals surface area (Å²) in [6.07, 6.45) is 3.28. The summed E-state index contributed by atoms with van der Waals surface area (Å²) >= 11 is 1.38. The Hall–Kier alpha value is -3.00. The first-order chi connectivity index (χ1) is 12.2. The number of ether oxygens (including phenoxy) is 1. The highest BCUT2D eigenvalue weighted by Crippen LogP contribution is 2.22. The number of hydrogen-bond acceptors (Lipinski definition) is 7. The Morgan fingerprint density at radius 3 is 2.88 bits per heavy atom.